The van der Waals surface area contributed by atoms with Gasteiger partial charge in [0.25, 0.3) is 0 Å². The summed E-state index contributed by atoms with van der Waals surface area (Å²) < 4.78 is 5.16. The number of rotatable bonds is 8. The quantitative estimate of drug-likeness (QED) is 0.702. The molecule has 1 amide bonds. The standard InChI is InChI=1S/C20H26N2O3S/c1-5-22(6-2)14(4)18(23)21-19-16(20(24)25-7-3)13-17(26-19)15-11-9-8-10-12-15/h8-14H,5-7H2,1-4H3,(H,21,23). The van der Waals surface area contributed by atoms with Gasteiger partial charge in [-0.25, -0.2) is 4.79 Å². The van der Waals surface area contributed by atoms with Gasteiger partial charge in [0.2, 0.25) is 5.91 Å². The van der Waals surface area contributed by atoms with E-state index in [-0.39, 0.29) is 11.9 Å². The lowest BCUT2D eigenvalue weighted by molar-refractivity contribution is -0.120. The number of benzene rings is 1. The monoisotopic (exact) mass is 374 g/mol. The number of carbonyl (C=O) groups is 2. The second-order valence-electron chi connectivity index (χ2n) is 5.83. The Bertz CT molecular complexity index is 739. The van der Waals surface area contributed by atoms with Gasteiger partial charge in [0.15, 0.2) is 0 Å². The van der Waals surface area contributed by atoms with Crippen LogP contribution in [0, 0.1) is 0 Å². The van der Waals surface area contributed by atoms with E-state index in [1.54, 1.807) is 13.0 Å². The van der Waals surface area contributed by atoms with E-state index in [1.165, 1.54) is 11.3 Å². The SMILES string of the molecule is CCOC(=O)c1cc(-c2ccccc2)sc1NC(=O)C(C)N(CC)CC. The molecule has 0 bridgehead atoms. The van der Waals surface area contributed by atoms with Crippen LogP contribution in [0.3, 0.4) is 0 Å². The number of thiophene rings is 1. The molecule has 1 heterocycles. The van der Waals surface area contributed by atoms with Crippen molar-refractivity contribution in [3.63, 3.8) is 0 Å². The highest BCUT2D eigenvalue weighted by atomic mass is 32.1. The van der Waals surface area contributed by atoms with Gasteiger partial charge in [-0.2, -0.15) is 0 Å². The van der Waals surface area contributed by atoms with Crippen LogP contribution >= 0.6 is 11.3 Å². The van der Waals surface area contributed by atoms with Crippen molar-refractivity contribution >= 4 is 28.2 Å². The Morgan fingerprint density at radius 1 is 1.15 bits per heavy atom. The third-order valence-electron chi connectivity index (χ3n) is 4.26. The first kappa shape index (κ1) is 20.1. The summed E-state index contributed by atoms with van der Waals surface area (Å²) in [5, 5.41) is 3.46. The normalized spacial score (nSPS) is 12.0. The zero-order valence-electron chi connectivity index (χ0n) is 15.7. The van der Waals surface area contributed by atoms with Gasteiger partial charge >= 0.3 is 5.97 Å². The lowest BCUT2D eigenvalue weighted by Gasteiger charge is -2.25. The number of amides is 1. The number of hydrogen-bond acceptors (Lipinski definition) is 5. The number of likely N-dealkylation sites (N-methyl/N-ethyl adjacent to an activating group) is 1. The fourth-order valence-electron chi connectivity index (χ4n) is 2.74. The van der Waals surface area contributed by atoms with Crippen molar-refractivity contribution < 1.29 is 14.3 Å². The number of anilines is 1. The van der Waals surface area contributed by atoms with Crippen molar-refractivity contribution in [2.45, 2.75) is 33.7 Å². The molecule has 140 valence electrons. The van der Waals surface area contributed by atoms with E-state index < -0.39 is 5.97 Å². The van der Waals surface area contributed by atoms with Gasteiger partial charge in [0.05, 0.1) is 18.2 Å². The van der Waals surface area contributed by atoms with Crippen LogP contribution in [0.4, 0.5) is 5.00 Å². The lowest BCUT2D eigenvalue weighted by Crippen LogP contribution is -2.41. The van der Waals surface area contributed by atoms with Gasteiger partial charge < -0.3 is 10.1 Å². The van der Waals surface area contributed by atoms with Gasteiger partial charge in [-0.05, 0) is 38.6 Å². The molecule has 0 spiro atoms. The Labute approximate surface area is 159 Å². The first-order chi connectivity index (χ1) is 12.5. The second kappa shape index (κ2) is 9.50. The van der Waals surface area contributed by atoms with Gasteiger partial charge in [-0.3, -0.25) is 9.69 Å². The molecule has 1 aromatic heterocycles. The summed E-state index contributed by atoms with van der Waals surface area (Å²) >= 11 is 1.39. The van der Waals surface area contributed by atoms with Crippen LogP contribution in [0.15, 0.2) is 36.4 Å². The van der Waals surface area contributed by atoms with Crippen LogP contribution in [0.5, 0.6) is 0 Å². The number of carbonyl (C=O) groups excluding carboxylic acids is 2. The molecular weight excluding hydrogens is 348 g/mol. The predicted molar refractivity (Wildman–Crippen MR) is 107 cm³/mol. The third-order valence-corrected chi connectivity index (χ3v) is 5.36. The van der Waals surface area contributed by atoms with Crippen molar-refractivity contribution in [2.24, 2.45) is 0 Å². The summed E-state index contributed by atoms with van der Waals surface area (Å²) in [4.78, 5) is 28.0. The van der Waals surface area contributed by atoms with Crippen molar-refractivity contribution in [1.29, 1.82) is 0 Å². The van der Waals surface area contributed by atoms with Crippen molar-refractivity contribution in [1.82, 2.24) is 4.90 Å². The molecule has 1 aromatic carbocycles. The minimum absolute atomic E-state index is 0.124. The summed E-state index contributed by atoms with van der Waals surface area (Å²) in [5.74, 6) is -0.544. The van der Waals surface area contributed by atoms with Crippen LogP contribution in [0.25, 0.3) is 10.4 Å². The maximum Gasteiger partial charge on any atom is 0.341 e. The molecule has 0 aliphatic rings. The molecule has 2 aromatic rings. The Kier molecular flexibility index (Phi) is 7.36. The second-order valence-corrected chi connectivity index (χ2v) is 6.88. The number of esters is 1. The molecule has 0 fully saturated rings. The summed E-state index contributed by atoms with van der Waals surface area (Å²) in [6.07, 6.45) is 0. The number of nitrogens with zero attached hydrogens (tertiary/aromatic N) is 1. The van der Waals surface area contributed by atoms with E-state index in [1.807, 2.05) is 51.1 Å². The number of ether oxygens (including phenoxy) is 1. The van der Waals surface area contributed by atoms with E-state index in [0.717, 1.165) is 23.5 Å². The van der Waals surface area contributed by atoms with Crippen LogP contribution in [0.2, 0.25) is 0 Å². The van der Waals surface area contributed by atoms with Crippen LogP contribution in [-0.2, 0) is 9.53 Å². The van der Waals surface area contributed by atoms with Gasteiger partial charge in [-0.1, -0.05) is 44.2 Å². The summed E-state index contributed by atoms with van der Waals surface area (Å²) in [6.45, 7) is 9.55. The average Bonchev–Trinajstić information content (AvgIpc) is 3.07. The predicted octanol–water partition coefficient (Wildman–Crippen LogP) is 4.26. The molecule has 0 radical (unpaired) electrons. The summed E-state index contributed by atoms with van der Waals surface area (Å²) in [5.41, 5.74) is 1.40. The number of hydrogen-bond donors (Lipinski definition) is 1. The first-order valence-electron chi connectivity index (χ1n) is 8.93. The Morgan fingerprint density at radius 3 is 2.38 bits per heavy atom. The molecule has 6 heteroatoms. The Balaban J connectivity index is 2.32. The molecule has 1 unspecified atom stereocenters. The van der Waals surface area contributed by atoms with E-state index in [9.17, 15) is 9.59 Å². The number of nitrogens with one attached hydrogen (secondary N) is 1. The molecule has 0 aliphatic carbocycles. The summed E-state index contributed by atoms with van der Waals surface area (Å²) in [6, 6.07) is 11.3. The van der Waals surface area contributed by atoms with Gasteiger partial charge in [-0.15, -0.1) is 11.3 Å². The van der Waals surface area contributed by atoms with Gasteiger partial charge in [0.1, 0.15) is 5.00 Å². The molecule has 0 saturated heterocycles. The van der Waals surface area contributed by atoms with E-state index in [2.05, 4.69) is 10.2 Å². The minimum atomic E-state index is -0.420. The topological polar surface area (TPSA) is 58.6 Å². The fourth-order valence-corrected chi connectivity index (χ4v) is 3.80. The van der Waals surface area contributed by atoms with Gasteiger partial charge in [0, 0.05) is 4.88 Å². The highest BCUT2D eigenvalue weighted by Gasteiger charge is 2.24. The Hall–Kier alpha value is -2.18. The molecule has 26 heavy (non-hydrogen) atoms. The molecule has 2 rings (SSSR count). The fraction of sp³-hybridized carbons (Fsp3) is 0.400. The maximum atomic E-state index is 12.7. The third kappa shape index (κ3) is 4.71. The van der Waals surface area contributed by atoms with Crippen molar-refractivity contribution in [3.05, 3.63) is 42.0 Å². The molecule has 1 atom stereocenters. The van der Waals surface area contributed by atoms with Crippen molar-refractivity contribution in [2.75, 3.05) is 25.0 Å². The summed E-state index contributed by atoms with van der Waals surface area (Å²) in [7, 11) is 0. The smallest absolute Gasteiger partial charge is 0.341 e. The first-order valence-corrected chi connectivity index (χ1v) is 9.74. The maximum absolute atomic E-state index is 12.7. The van der Waals surface area contributed by atoms with Crippen LogP contribution in [-0.4, -0.2) is 42.5 Å². The van der Waals surface area contributed by atoms with Crippen LogP contribution < -0.4 is 5.32 Å². The highest BCUT2D eigenvalue weighted by molar-refractivity contribution is 7.20. The van der Waals surface area contributed by atoms with E-state index in [4.69, 9.17) is 4.74 Å². The van der Waals surface area contributed by atoms with Crippen molar-refractivity contribution in [3.8, 4) is 10.4 Å². The molecule has 0 saturated carbocycles. The van der Waals surface area contributed by atoms with Crippen LogP contribution in [0.1, 0.15) is 38.1 Å². The molecular formula is C20H26N2O3S. The van der Waals surface area contributed by atoms with E-state index >= 15 is 0 Å². The minimum Gasteiger partial charge on any atom is -0.462 e. The Morgan fingerprint density at radius 2 is 1.81 bits per heavy atom. The average molecular weight is 375 g/mol. The lowest BCUT2D eigenvalue weighted by atomic mass is 10.1. The highest BCUT2D eigenvalue weighted by Crippen LogP contribution is 2.36. The zero-order valence-corrected chi connectivity index (χ0v) is 16.6. The largest absolute Gasteiger partial charge is 0.462 e. The molecule has 0 aliphatic heterocycles. The zero-order chi connectivity index (χ0) is 19.1. The molecule has 5 nitrogen and oxygen atoms in total. The van der Waals surface area contributed by atoms with E-state index in [0.29, 0.717) is 17.2 Å². The molecule has 1 N–H and O–H groups in total.